The van der Waals surface area contributed by atoms with Crippen LogP contribution < -0.4 is 16.0 Å². The molecular formula is C22H18ClN3O2S. The molecule has 2 amide bonds. The summed E-state index contributed by atoms with van der Waals surface area (Å²) in [5.74, 6) is -0.525. The lowest BCUT2D eigenvalue weighted by Crippen LogP contribution is -2.34. The Bertz CT molecular complexity index is 1040. The molecule has 0 atom stereocenters. The minimum atomic E-state index is -0.402. The minimum absolute atomic E-state index is 0.122. The van der Waals surface area contributed by atoms with Crippen molar-refractivity contribution in [3.05, 3.63) is 95.0 Å². The van der Waals surface area contributed by atoms with E-state index in [1.165, 1.54) is 0 Å². The monoisotopic (exact) mass is 423 g/mol. The Labute approximate surface area is 179 Å². The van der Waals surface area contributed by atoms with E-state index in [0.717, 1.165) is 5.56 Å². The highest BCUT2D eigenvalue weighted by Gasteiger charge is 2.11. The lowest BCUT2D eigenvalue weighted by atomic mass is 10.1. The van der Waals surface area contributed by atoms with E-state index in [4.69, 9.17) is 23.8 Å². The van der Waals surface area contributed by atoms with E-state index in [1.807, 2.05) is 30.3 Å². The van der Waals surface area contributed by atoms with Crippen LogP contribution in [0.5, 0.6) is 0 Å². The second-order valence-corrected chi connectivity index (χ2v) is 6.99. The lowest BCUT2D eigenvalue weighted by Gasteiger charge is -2.12. The van der Waals surface area contributed by atoms with E-state index in [0.29, 0.717) is 22.0 Å². The third-order valence-electron chi connectivity index (χ3n) is 3.96. The zero-order chi connectivity index (χ0) is 20.6. The molecule has 3 rings (SSSR count). The van der Waals surface area contributed by atoms with Crippen molar-refractivity contribution in [2.75, 3.05) is 10.6 Å². The zero-order valence-corrected chi connectivity index (χ0v) is 16.9. The highest BCUT2D eigenvalue weighted by atomic mass is 35.5. The Morgan fingerprint density at radius 3 is 2.21 bits per heavy atom. The van der Waals surface area contributed by atoms with E-state index in [-0.39, 0.29) is 17.4 Å². The smallest absolute Gasteiger partial charge is 0.258 e. The van der Waals surface area contributed by atoms with E-state index in [2.05, 4.69) is 16.0 Å². The summed E-state index contributed by atoms with van der Waals surface area (Å²) in [5, 5.41) is 8.84. The van der Waals surface area contributed by atoms with Gasteiger partial charge in [0.25, 0.3) is 5.91 Å². The Morgan fingerprint density at radius 1 is 0.828 bits per heavy atom. The van der Waals surface area contributed by atoms with Crippen molar-refractivity contribution in [3.63, 3.8) is 0 Å². The summed E-state index contributed by atoms with van der Waals surface area (Å²) < 4.78 is 0. The quantitative estimate of drug-likeness (QED) is 0.522. The molecule has 3 aromatic carbocycles. The van der Waals surface area contributed by atoms with Gasteiger partial charge in [-0.3, -0.25) is 14.9 Å². The van der Waals surface area contributed by atoms with Crippen LogP contribution in [0.25, 0.3) is 0 Å². The molecule has 0 saturated heterocycles. The molecule has 0 aliphatic carbocycles. The van der Waals surface area contributed by atoms with E-state index in [1.54, 1.807) is 48.5 Å². The van der Waals surface area contributed by atoms with E-state index < -0.39 is 5.91 Å². The largest absolute Gasteiger partial charge is 0.332 e. The van der Waals surface area contributed by atoms with Crippen LogP contribution in [-0.2, 0) is 11.2 Å². The number of hydrogen-bond acceptors (Lipinski definition) is 3. The standard InChI is InChI=1S/C22H18ClN3O2S/c23-19-12-5-4-11-18(19)21(28)26-22(29)25-17-10-6-9-16(14-17)24-20(27)13-15-7-2-1-3-8-15/h1-12,14H,13H2,(H,24,27)(H2,25,26,28,29). The first-order valence-corrected chi connectivity index (χ1v) is 9.60. The predicted molar refractivity (Wildman–Crippen MR) is 120 cm³/mol. The van der Waals surface area contributed by atoms with Gasteiger partial charge < -0.3 is 10.6 Å². The Balaban J connectivity index is 1.58. The number of amides is 2. The molecule has 0 radical (unpaired) electrons. The van der Waals surface area contributed by atoms with Crippen LogP contribution in [0.2, 0.25) is 5.02 Å². The molecule has 0 fully saturated rings. The first-order chi connectivity index (χ1) is 14.0. The second kappa shape index (κ2) is 9.82. The first kappa shape index (κ1) is 20.5. The molecule has 0 spiro atoms. The van der Waals surface area contributed by atoms with Crippen LogP contribution in [0, 0.1) is 0 Å². The van der Waals surface area contributed by atoms with E-state index >= 15 is 0 Å². The molecule has 5 nitrogen and oxygen atoms in total. The molecule has 29 heavy (non-hydrogen) atoms. The summed E-state index contributed by atoms with van der Waals surface area (Å²) in [4.78, 5) is 24.5. The van der Waals surface area contributed by atoms with Crippen LogP contribution in [0.4, 0.5) is 11.4 Å². The van der Waals surface area contributed by atoms with Gasteiger partial charge in [0.2, 0.25) is 5.91 Å². The minimum Gasteiger partial charge on any atom is -0.332 e. The van der Waals surface area contributed by atoms with Crippen molar-refractivity contribution in [2.24, 2.45) is 0 Å². The van der Waals surface area contributed by atoms with Gasteiger partial charge >= 0.3 is 0 Å². The molecule has 0 aliphatic rings. The maximum Gasteiger partial charge on any atom is 0.258 e. The second-order valence-electron chi connectivity index (χ2n) is 6.18. The molecule has 7 heteroatoms. The average molecular weight is 424 g/mol. The van der Waals surface area contributed by atoms with Gasteiger partial charge in [-0.15, -0.1) is 0 Å². The SMILES string of the molecule is O=C(Cc1ccccc1)Nc1cccc(NC(=S)NC(=O)c2ccccc2Cl)c1. The molecule has 0 unspecified atom stereocenters. The van der Waals surface area contributed by atoms with Gasteiger partial charge in [0.1, 0.15) is 0 Å². The van der Waals surface area contributed by atoms with Crippen LogP contribution in [0.15, 0.2) is 78.9 Å². The Kier molecular flexibility index (Phi) is 6.94. The zero-order valence-electron chi connectivity index (χ0n) is 15.3. The highest BCUT2D eigenvalue weighted by molar-refractivity contribution is 7.80. The average Bonchev–Trinajstić information content (AvgIpc) is 2.69. The van der Waals surface area contributed by atoms with Crippen LogP contribution in [0.3, 0.4) is 0 Å². The fourth-order valence-electron chi connectivity index (χ4n) is 2.64. The number of halogens is 1. The van der Waals surface area contributed by atoms with Crippen molar-refractivity contribution < 1.29 is 9.59 Å². The first-order valence-electron chi connectivity index (χ1n) is 8.82. The molecule has 0 heterocycles. The van der Waals surface area contributed by atoms with Gasteiger partial charge in [-0.2, -0.15) is 0 Å². The Hall–Kier alpha value is -3.22. The van der Waals surface area contributed by atoms with Gasteiger partial charge in [-0.1, -0.05) is 60.1 Å². The summed E-state index contributed by atoms with van der Waals surface area (Å²) in [6.45, 7) is 0. The number of anilines is 2. The number of rotatable bonds is 5. The molecule has 0 aliphatic heterocycles. The summed E-state index contributed by atoms with van der Waals surface area (Å²) in [6.07, 6.45) is 0.283. The third-order valence-corrected chi connectivity index (χ3v) is 4.49. The highest BCUT2D eigenvalue weighted by Crippen LogP contribution is 2.17. The maximum absolute atomic E-state index is 12.3. The molecule has 3 N–H and O–H groups in total. The molecule has 0 aromatic heterocycles. The fraction of sp³-hybridized carbons (Fsp3) is 0.0455. The number of carbonyl (C=O) groups excluding carboxylic acids is 2. The van der Waals surface area contributed by atoms with Crippen molar-refractivity contribution in [1.82, 2.24) is 5.32 Å². The normalized spacial score (nSPS) is 10.1. The third kappa shape index (κ3) is 6.14. The van der Waals surface area contributed by atoms with Gasteiger partial charge in [0, 0.05) is 11.4 Å². The number of benzene rings is 3. The lowest BCUT2D eigenvalue weighted by molar-refractivity contribution is -0.115. The summed E-state index contributed by atoms with van der Waals surface area (Å²) >= 11 is 11.2. The predicted octanol–water partition coefficient (Wildman–Crippen LogP) is 4.65. The van der Waals surface area contributed by atoms with Crippen LogP contribution in [-0.4, -0.2) is 16.9 Å². The van der Waals surface area contributed by atoms with Crippen molar-refractivity contribution in [3.8, 4) is 0 Å². The van der Waals surface area contributed by atoms with Crippen molar-refractivity contribution in [1.29, 1.82) is 0 Å². The summed E-state index contributed by atoms with van der Waals surface area (Å²) in [5.41, 5.74) is 2.52. The maximum atomic E-state index is 12.3. The molecule has 3 aromatic rings. The fourth-order valence-corrected chi connectivity index (χ4v) is 3.07. The Morgan fingerprint density at radius 2 is 1.48 bits per heavy atom. The van der Waals surface area contributed by atoms with Crippen LogP contribution >= 0.6 is 23.8 Å². The molecule has 146 valence electrons. The van der Waals surface area contributed by atoms with E-state index in [9.17, 15) is 9.59 Å². The molecule has 0 bridgehead atoms. The number of thiocarbonyl (C=S) groups is 1. The van der Waals surface area contributed by atoms with Crippen LogP contribution in [0.1, 0.15) is 15.9 Å². The number of carbonyl (C=O) groups is 2. The van der Waals surface area contributed by atoms with Gasteiger partial charge in [-0.05, 0) is 48.1 Å². The summed E-state index contributed by atoms with van der Waals surface area (Å²) in [6, 6.07) is 23.3. The van der Waals surface area contributed by atoms with Crippen molar-refractivity contribution >= 4 is 52.1 Å². The topological polar surface area (TPSA) is 70.2 Å². The van der Waals surface area contributed by atoms with Gasteiger partial charge in [0.05, 0.1) is 17.0 Å². The number of hydrogen-bond donors (Lipinski definition) is 3. The van der Waals surface area contributed by atoms with Gasteiger partial charge in [0.15, 0.2) is 5.11 Å². The van der Waals surface area contributed by atoms with Gasteiger partial charge in [-0.25, -0.2) is 0 Å². The number of nitrogens with one attached hydrogen (secondary N) is 3. The molecule has 0 saturated carbocycles. The summed E-state index contributed by atoms with van der Waals surface area (Å²) in [7, 11) is 0. The molecular weight excluding hydrogens is 406 g/mol. The van der Waals surface area contributed by atoms with Crippen molar-refractivity contribution in [2.45, 2.75) is 6.42 Å².